The van der Waals surface area contributed by atoms with Crippen molar-refractivity contribution >= 4 is 6.08 Å². The van der Waals surface area contributed by atoms with E-state index >= 15 is 0 Å². The third-order valence-electron chi connectivity index (χ3n) is 1.35. The maximum atomic E-state index is 5.15. The lowest BCUT2D eigenvalue weighted by Crippen LogP contribution is -1.89. The maximum absolute atomic E-state index is 5.15. The molecule has 3 nitrogen and oxygen atoms in total. The average molecular weight is 146 g/mol. The number of hydrogen-bond acceptors (Lipinski definition) is 3. The van der Waals surface area contributed by atoms with Gasteiger partial charge in [-0.25, -0.2) is 9.97 Å². The molecule has 0 saturated heterocycles. The van der Waals surface area contributed by atoms with Crippen LogP contribution in [0.25, 0.3) is 6.08 Å². The van der Waals surface area contributed by atoms with Crippen LogP contribution in [0.5, 0.6) is 5.88 Å². The van der Waals surface area contributed by atoms with Crippen molar-refractivity contribution in [3.8, 4) is 5.88 Å². The molecule has 54 valence electrons. The van der Waals surface area contributed by atoms with Crippen molar-refractivity contribution in [2.45, 2.75) is 0 Å². The predicted molar refractivity (Wildman–Crippen MR) is 40.8 cm³/mol. The lowest BCUT2D eigenvalue weighted by molar-refractivity contribution is 0.460. The lowest BCUT2D eigenvalue weighted by atomic mass is 10.3. The van der Waals surface area contributed by atoms with Gasteiger partial charge in [0.25, 0.3) is 0 Å². The predicted octanol–water partition coefficient (Wildman–Crippen LogP) is 1.40. The number of rotatable bonds is 0. The highest BCUT2D eigenvalue weighted by atomic mass is 16.5. The Morgan fingerprint density at radius 1 is 1.27 bits per heavy atom. The van der Waals surface area contributed by atoms with Crippen LogP contribution in [0.3, 0.4) is 0 Å². The molecular formula is C8H6N2O. The molecule has 11 heavy (non-hydrogen) atoms. The molecule has 0 saturated carbocycles. The van der Waals surface area contributed by atoms with Gasteiger partial charge in [-0.1, -0.05) is 6.08 Å². The summed E-state index contributed by atoms with van der Waals surface area (Å²) >= 11 is 0. The van der Waals surface area contributed by atoms with Crippen LogP contribution >= 0.6 is 0 Å². The van der Waals surface area contributed by atoms with Crippen LogP contribution in [-0.2, 0) is 0 Å². The molecule has 0 unspecified atom stereocenters. The highest BCUT2D eigenvalue weighted by Gasteiger charge is 2.00. The summed E-state index contributed by atoms with van der Waals surface area (Å²) in [5.74, 6) is 0.602. The fourth-order valence-electron chi connectivity index (χ4n) is 0.850. The lowest BCUT2D eigenvalue weighted by Gasteiger charge is -1.98. The van der Waals surface area contributed by atoms with E-state index in [2.05, 4.69) is 9.97 Å². The quantitative estimate of drug-likeness (QED) is 0.554. The van der Waals surface area contributed by atoms with Gasteiger partial charge >= 0.3 is 0 Å². The molecule has 1 aromatic heterocycles. The Kier molecular flexibility index (Phi) is 1.41. The van der Waals surface area contributed by atoms with Gasteiger partial charge in [-0.3, -0.25) is 0 Å². The molecule has 2 heterocycles. The molecule has 0 aliphatic carbocycles. The number of allylic oxidation sites excluding steroid dienone is 2. The first-order valence-electron chi connectivity index (χ1n) is 3.27. The van der Waals surface area contributed by atoms with Crippen molar-refractivity contribution in [1.82, 2.24) is 9.97 Å². The zero-order valence-electron chi connectivity index (χ0n) is 5.77. The molecule has 0 bridgehead atoms. The Morgan fingerprint density at radius 3 is 3.27 bits per heavy atom. The number of fused-ring (bicyclic) bond motifs is 1. The van der Waals surface area contributed by atoms with Gasteiger partial charge in [-0.2, -0.15) is 0 Å². The summed E-state index contributed by atoms with van der Waals surface area (Å²) in [5.41, 5.74) is 0.900. The van der Waals surface area contributed by atoms with Crippen LogP contribution in [0.2, 0.25) is 0 Å². The molecule has 1 aromatic rings. The normalized spacial score (nSPS) is 13.5. The van der Waals surface area contributed by atoms with E-state index < -0.39 is 0 Å². The van der Waals surface area contributed by atoms with Gasteiger partial charge < -0.3 is 4.74 Å². The third kappa shape index (κ3) is 1.12. The molecule has 0 N–H and O–H groups in total. The zero-order chi connectivity index (χ0) is 7.52. The van der Waals surface area contributed by atoms with Crippen molar-refractivity contribution in [3.05, 3.63) is 36.5 Å². The van der Waals surface area contributed by atoms with Gasteiger partial charge in [-0.05, 0) is 12.2 Å². The fraction of sp³-hybridized carbons (Fsp3) is 0. The van der Waals surface area contributed by atoms with Crippen LogP contribution in [-0.4, -0.2) is 9.97 Å². The highest BCUT2D eigenvalue weighted by Crippen LogP contribution is 2.16. The van der Waals surface area contributed by atoms with E-state index in [0.717, 1.165) is 5.56 Å². The smallest absolute Gasteiger partial charge is 0.228 e. The summed E-state index contributed by atoms with van der Waals surface area (Å²) in [6, 6.07) is 0. The van der Waals surface area contributed by atoms with Crippen molar-refractivity contribution in [1.29, 1.82) is 0 Å². The second-order valence-electron chi connectivity index (χ2n) is 2.09. The molecule has 0 atom stereocenters. The summed E-state index contributed by atoms with van der Waals surface area (Å²) in [4.78, 5) is 7.81. The first-order chi connectivity index (χ1) is 5.47. The first kappa shape index (κ1) is 6.09. The van der Waals surface area contributed by atoms with Crippen LogP contribution in [0.15, 0.2) is 30.9 Å². The molecule has 0 fully saturated rings. The molecule has 0 amide bonds. The van der Waals surface area contributed by atoms with Crippen molar-refractivity contribution in [3.63, 3.8) is 0 Å². The van der Waals surface area contributed by atoms with Crippen LogP contribution in [0.1, 0.15) is 5.56 Å². The van der Waals surface area contributed by atoms with Crippen molar-refractivity contribution in [2.75, 3.05) is 0 Å². The van der Waals surface area contributed by atoms with Crippen molar-refractivity contribution in [2.24, 2.45) is 0 Å². The summed E-state index contributed by atoms with van der Waals surface area (Å²) in [7, 11) is 0. The van der Waals surface area contributed by atoms with Crippen LogP contribution in [0.4, 0.5) is 0 Å². The summed E-state index contributed by atoms with van der Waals surface area (Å²) < 4.78 is 5.15. The zero-order valence-corrected chi connectivity index (χ0v) is 5.77. The van der Waals surface area contributed by atoms with E-state index in [1.807, 2.05) is 18.2 Å². The molecular weight excluding hydrogens is 140 g/mol. The second-order valence-corrected chi connectivity index (χ2v) is 2.09. The number of aromatic nitrogens is 2. The van der Waals surface area contributed by atoms with Gasteiger partial charge in [0.05, 0.1) is 11.8 Å². The largest absolute Gasteiger partial charge is 0.446 e. The van der Waals surface area contributed by atoms with E-state index in [4.69, 9.17) is 4.74 Å². The van der Waals surface area contributed by atoms with E-state index in [0.29, 0.717) is 5.88 Å². The van der Waals surface area contributed by atoms with Gasteiger partial charge in [-0.15, -0.1) is 0 Å². The molecule has 0 aromatic carbocycles. The Hall–Kier alpha value is -1.64. The standard InChI is InChI=1S/C8H6N2O/c1-2-4-11-8-7(3-1)5-9-6-10-8/h1-6H. The van der Waals surface area contributed by atoms with E-state index in [9.17, 15) is 0 Å². The summed E-state index contributed by atoms with van der Waals surface area (Å²) in [6.45, 7) is 0. The maximum Gasteiger partial charge on any atom is 0.228 e. The van der Waals surface area contributed by atoms with E-state index in [1.165, 1.54) is 6.33 Å². The van der Waals surface area contributed by atoms with Crippen LogP contribution < -0.4 is 4.74 Å². The fourth-order valence-corrected chi connectivity index (χ4v) is 0.850. The van der Waals surface area contributed by atoms with Gasteiger partial charge in [0.15, 0.2) is 0 Å². The SMILES string of the molecule is C1=COc2ncncc2C=C1. The monoisotopic (exact) mass is 146 g/mol. The minimum absolute atomic E-state index is 0.602. The number of ether oxygens (including phenoxy) is 1. The van der Waals surface area contributed by atoms with Gasteiger partial charge in [0.1, 0.15) is 6.33 Å². The Labute approximate surface area is 64.1 Å². The molecule has 1 aliphatic heterocycles. The Bertz CT molecular complexity index is 318. The molecule has 0 radical (unpaired) electrons. The van der Waals surface area contributed by atoms with E-state index in [-0.39, 0.29) is 0 Å². The molecule has 3 heteroatoms. The Balaban J connectivity index is 2.52. The number of hydrogen-bond donors (Lipinski definition) is 0. The van der Waals surface area contributed by atoms with Crippen LogP contribution in [0, 0.1) is 0 Å². The van der Waals surface area contributed by atoms with E-state index in [1.54, 1.807) is 12.5 Å². The first-order valence-corrected chi connectivity index (χ1v) is 3.27. The molecule has 1 aliphatic rings. The minimum atomic E-state index is 0.602. The third-order valence-corrected chi connectivity index (χ3v) is 1.35. The van der Waals surface area contributed by atoms with Crippen molar-refractivity contribution < 1.29 is 4.74 Å². The molecule has 2 rings (SSSR count). The summed E-state index contributed by atoms with van der Waals surface area (Å²) in [6.07, 6.45) is 10.4. The van der Waals surface area contributed by atoms with Gasteiger partial charge in [0, 0.05) is 6.20 Å². The summed E-state index contributed by atoms with van der Waals surface area (Å²) in [5, 5.41) is 0. The number of nitrogens with zero attached hydrogens (tertiary/aromatic N) is 2. The molecule has 0 spiro atoms. The Morgan fingerprint density at radius 2 is 2.27 bits per heavy atom. The average Bonchev–Trinajstić information content (AvgIpc) is 2.28. The topological polar surface area (TPSA) is 35.0 Å². The highest BCUT2D eigenvalue weighted by molar-refractivity contribution is 5.55. The van der Waals surface area contributed by atoms with Gasteiger partial charge in [0.2, 0.25) is 5.88 Å². The minimum Gasteiger partial charge on any atom is -0.446 e. The second kappa shape index (κ2) is 2.54.